The Hall–Kier alpha value is -2.34. The molecule has 6 heteroatoms. The number of rotatable bonds is 6. The van der Waals surface area contributed by atoms with E-state index in [9.17, 15) is 5.11 Å². The summed E-state index contributed by atoms with van der Waals surface area (Å²) >= 11 is 6.20. The van der Waals surface area contributed by atoms with Crippen molar-refractivity contribution in [1.29, 1.82) is 0 Å². The predicted octanol–water partition coefficient (Wildman–Crippen LogP) is 6.62. The molecule has 0 amide bonds. The van der Waals surface area contributed by atoms with E-state index >= 15 is 0 Å². The number of benzene rings is 2. The third-order valence-corrected chi connectivity index (χ3v) is 7.63. The number of pyridine rings is 1. The van der Waals surface area contributed by atoms with Gasteiger partial charge in [-0.3, -0.25) is 14.8 Å². The first-order valence-electron chi connectivity index (χ1n) is 12.7. The SMILES string of the molecule is Cc1c(CN2CCCCC2)cc(CN2CCCCC2)c(O)c1Nc1ccnc2cc(Cl)ccc12. The van der Waals surface area contributed by atoms with Gasteiger partial charge in [0.2, 0.25) is 0 Å². The summed E-state index contributed by atoms with van der Waals surface area (Å²) in [4.78, 5) is 9.51. The summed E-state index contributed by atoms with van der Waals surface area (Å²) in [5.74, 6) is 0.365. The number of hydrogen-bond donors (Lipinski definition) is 2. The molecule has 1 aromatic heterocycles. The molecule has 2 saturated heterocycles. The van der Waals surface area contributed by atoms with Crippen LogP contribution in [-0.2, 0) is 13.1 Å². The number of nitrogens with one attached hydrogen (secondary N) is 1. The molecule has 0 radical (unpaired) electrons. The van der Waals surface area contributed by atoms with Crippen LogP contribution in [0.3, 0.4) is 0 Å². The van der Waals surface area contributed by atoms with E-state index in [1.54, 1.807) is 6.20 Å². The fourth-order valence-electron chi connectivity index (χ4n) is 5.41. The molecule has 0 saturated carbocycles. The maximum atomic E-state index is 11.5. The largest absolute Gasteiger partial charge is 0.505 e. The van der Waals surface area contributed by atoms with Crippen molar-refractivity contribution in [3.05, 3.63) is 58.2 Å². The highest BCUT2D eigenvalue weighted by Crippen LogP contribution is 2.39. The minimum Gasteiger partial charge on any atom is -0.505 e. The zero-order valence-corrected chi connectivity index (χ0v) is 20.9. The Kier molecular flexibility index (Phi) is 7.23. The van der Waals surface area contributed by atoms with Crippen molar-refractivity contribution in [3.8, 4) is 5.75 Å². The quantitative estimate of drug-likeness (QED) is 0.390. The van der Waals surface area contributed by atoms with Crippen molar-refractivity contribution in [1.82, 2.24) is 14.8 Å². The van der Waals surface area contributed by atoms with E-state index in [0.717, 1.165) is 72.7 Å². The number of phenolic OH excluding ortho intramolecular Hbond substituents is 1. The molecule has 2 aromatic carbocycles. The van der Waals surface area contributed by atoms with Crippen molar-refractivity contribution in [2.24, 2.45) is 0 Å². The molecular weight excluding hydrogens is 444 g/mol. The van der Waals surface area contributed by atoms with Gasteiger partial charge in [-0.1, -0.05) is 24.4 Å². The van der Waals surface area contributed by atoms with Crippen molar-refractivity contribution < 1.29 is 5.11 Å². The third kappa shape index (κ3) is 5.17. The van der Waals surface area contributed by atoms with E-state index in [-0.39, 0.29) is 0 Å². The van der Waals surface area contributed by atoms with Gasteiger partial charge in [0.05, 0.1) is 11.2 Å². The molecule has 3 heterocycles. The highest BCUT2D eigenvalue weighted by molar-refractivity contribution is 6.31. The van der Waals surface area contributed by atoms with Crippen molar-refractivity contribution in [2.75, 3.05) is 31.5 Å². The van der Waals surface area contributed by atoms with Crippen LogP contribution in [-0.4, -0.2) is 46.1 Å². The molecule has 0 bridgehead atoms. The molecule has 5 rings (SSSR count). The van der Waals surface area contributed by atoms with E-state index in [2.05, 4.69) is 33.1 Å². The van der Waals surface area contributed by atoms with E-state index < -0.39 is 0 Å². The van der Waals surface area contributed by atoms with Crippen LogP contribution < -0.4 is 5.32 Å². The van der Waals surface area contributed by atoms with E-state index in [1.165, 1.54) is 44.1 Å². The lowest BCUT2D eigenvalue weighted by atomic mass is 9.98. The number of piperidine rings is 2. The van der Waals surface area contributed by atoms with E-state index in [1.807, 2.05) is 24.3 Å². The van der Waals surface area contributed by atoms with Crippen LogP contribution in [0.15, 0.2) is 36.5 Å². The summed E-state index contributed by atoms with van der Waals surface area (Å²) in [5, 5.41) is 16.7. The van der Waals surface area contributed by atoms with Gasteiger partial charge in [-0.2, -0.15) is 0 Å². The predicted molar refractivity (Wildman–Crippen MR) is 141 cm³/mol. The Morgan fingerprint density at radius 2 is 1.53 bits per heavy atom. The average molecular weight is 479 g/mol. The third-order valence-electron chi connectivity index (χ3n) is 7.40. The first-order valence-corrected chi connectivity index (χ1v) is 13.1. The van der Waals surface area contributed by atoms with Crippen LogP contribution in [0.25, 0.3) is 10.9 Å². The number of fused-ring (bicyclic) bond motifs is 1. The second kappa shape index (κ2) is 10.5. The Morgan fingerprint density at radius 1 is 0.882 bits per heavy atom. The molecule has 2 aliphatic heterocycles. The van der Waals surface area contributed by atoms with Crippen LogP contribution in [0.2, 0.25) is 5.02 Å². The second-order valence-corrected chi connectivity index (χ2v) is 10.3. The number of aromatic nitrogens is 1. The van der Waals surface area contributed by atoms with Gasteiger partial charge in [0, 0.05) is 40.9 Å². The van der Waals surface area contributed by atoms with Gasteiger partial charge in [0.15, 0.2) is 0 Å². The maximum absolute atomic E-state index is 11.5. The topological polar surface area (TPSA) is 51.6 Å². The number of halogens is 1. The Bertz CT molecular complexity index is 1110. The van der Waals surface area contributed by atoms with Crippen molar-refractivity contribution >= 4 is 33.9 Å². The summed E-state index contributed by atoms with van der Waals surface area (Å²) in [5.41, 5.74) is 6.01. The molecule has 0 aliphatic carbocycles. The zero-order valence-electron chi connectivity index (χ0n) is 20.1. The molecule has 0 spiro atoms. The van der Waals surface area contributed by atoms with E-state index in [0.29, 0.717) is 10.8 Å². The molecular formula is C28H35ClN4O. The summed E-state index contributed by atoms with van der Waals surface area (Å²) in [7, 11) is 0. The Balaban J connectivity index is 1.53. The van der Waals surface area contributed by atoms with Crippen LogP contribution in [0.4, 0.5) is 11.4 Å². The molecule has 34 heavy (non-hydrogen) atoms. The molecule has 2 N–H and O–H groups in total. The lowest BCUT2D eigenvalue weighted by Gasteiger charge is -2.30. The summed E-state index contributed by atoms with van der Waals surface area (Å²) in [6.07, 6.45) is 9.45. The number of aromatic hydroxyl groups is 1. The monoisotopic (exact) mass is 478 g/mol. The van der Waals surface area contributed by atoms with Gasteiger partial charge in [-0.25, -0.2) is 0 Å². The molecule has 0 unspecified atom stereocenters. The van der Waals surface area contributed by atoms with Crippen LogP contribution in [0.5, 0.6) is 5.75 Å². The fraction of sp³-hybridized carbons (Fsp3) is 0.464. The highest BCUT2D eigenvalue weighted by Gasteiger charge is 2.21. The van der Waals surface area contributed by atoms with Gasteiger partial charge < -0.3 is 10.4 Å². The number of nitrogens with zero attached hydrogens (tertiary/aromatic N) is 3. The first kappa shape index (κ1) is 23.4. The van der Waals surface area contributed by atoms with Crippen LogP contribution in [0.1, 0.15) is 55.2 Å². The molecule has 2 aliphatic rings. The number of phenols is 1. The molecule has 0 atom stereocenters. The first-order chi connectivity index (χ1) is 16.6. The molecule has 2 fully saturated rings. The van der Waals surface area contributed by atoms with Gasteiger partial charge in [-0.05, 0) is 100 Å². The molecule has 3 aromatic rings. The average Bonchev–Trinajstić information content (AvgIpc) is 2.86. The van der Waals surface area contributed by atoms with Gasteiger partial charge >= 0.3 is 0 Å². The fourth-order valence-corrected chi connectivity index (χ4v) is 5.57. The molecule has 5 nitrogen and oxygen atoms in total. The van der Waals surface area contributed by atoms with Gasteiger partial charge in [0.1, 0.15) is 5.75 Å². The lowest BCUT2D eigenvalue weighted by Crippen LogP contribution is -2.30. The minimum atomic E-state index is 0.365. The highest BCUT2D eigenvalue weighted by atomic mass is 35.5. The Morgan fingerprint density at radius 3 is 2.21 bits per heavy atom. The zero-order chi connectivity index (χ0) is 23.5. The van der Waals surface area contributed by atoms with Gasteiger partial charge in [-0.15, -0.1) is 0 Å². The normalized spacial score (nSPS) is 17.8. The number of anilines is 2. The summed E-state index contributed by atoms with van der Waals surface area (Å²) < 4.78 is 0. The standard InChI is InChI=1S/C28H35ClN4O/c1-20-21(18-32-12-4-2-5-13-32)16-22(19-33-14-6-3-7-15-33)28(34)27(20)31-25-10-11-30-26-17-23(29)8-9-24(25)26/h8-11,16-17,34H,2-7,12-15,18-19H2,1H3,(H,30,31). The smallest absolute Gasteiger partial charge is 0.143 e. The Labute approximate surface area is 207 Å². The van der Waals surface area contributed by atoms with Crippen molar-refractivity contribution in [2.45, 2.75) is 58.5 Å². The molecule has 180 valence electrons. The maximum Gasteiger partial charge on any atom is 0.143 e. The lowest BCUT2D eigenvalue weighted by molar-refractivity contribution is 0.215. The summed E-state index contributed by atoms with van der Waals surface area (Å²) in [6.45, 7) is 8.37. The van der Waals surface area contributed by atoms with Gasteiger partial charge in [0.25, 0.3) is 0 Å². The van der Waals surface area contributed by atoms with E-state index in [4.69, 9.17) is 11.6 Å². The summed E-state index contributed by atoms with van der Waals surface area (Å²) in [6, 6.07) is 9.98. The number of likely N-dealkylation sites (tertiary alicyclic amines) is 2. The van der Waals surface area contributed by atoms with Crippen LogP contribution in [0, 0.1) is 6.92 Å². The number of hydrogen-bond acceptors (Lipinski definition) is 5. The van der Waals surface area contributed by atoms with Crippen LogP contribution >= 0.6 is 11.6 Å². The minimum absolute atomic E-state index is 0.365. The second-order valence-electron chi connectivity index (χ2n) is 9.86. The van der Waals surface area contributed by atoms with Crippen molar-refractivity contribution in [3.63, 3.8) is 0 Å².